The van der Waals surface area contributed by atoms with Gasteiger partial charge in [-0.1, -0.05) is 97.1 Å². The lowest BCUT2D eigenvalue weighted by molar-refractivity contribution is -0.143. The zero-order valence-electron chi connectivity index (χ0n) is 33.1. The quantitative estimate of drug-likeness (QED) is 0.162. The molecule has 5 nitrogen and oxygen atoms in total. The van der Waals surface area contributed by atoms with E-state index >= 15 is 0 Å². The third-order valence-electron chi connectivity index (χ3n) is 11.7. The van der Waals surface area contributed by atoms with Gasteiger partial charge in [0.1, 0.15) is 11.6 Å². The molecule has 0 spiro atoms. The first-order valence-electron chi connectivity index (χ1n) is 19.8. The second kappa shape index (κ2) is 14.8. The van der Waals surface area contributed by atoms with Gasteiger partial charge in [-0.15, -0.1) is 0 Å². The number of para-hydroxylation sites is 2. The van der Waals surface area contributed by atoms with Gasteiger partial charge in [-0.3, -0.25) is 0 Å². The Kier molecular flexibility index (Phi) is 9.14. The topological polar surface area (TPSA) is 81.2 Å². The Balaban J connectivity index is 1.37. The predicted octanol–water partition coefficient (Wildman–Crippen LogP) is 14.5. The van der Waals surface area contributed by atoms with Crippen LogP contribution in [0.3, 0.4) is 0 Å². The SMILES string of the molecule is N#Cc1ccccc1-c1ccc2c3ccccc3n(-c3cc(-c4cc(C(F)(F)F)cc(C(F)(F)F)c4)cc(-n4c5ccccc5c5ccc(-c6ccccc6C#N)cc54)c3C#N)c2c1. The summed E-state index contributed by atoms with van der Waals surface area (Å²) in [7, 11) is 0. The highest BCUT2D eigenvalue weighted by atomic mass is 19.4. The number of benzene rings is 8. The first-order valence-corrected chi connectivity index (χ1v) is 19.8. The highest BCUT2D eigenvalue weighted by molar-refractivity contribution is 6.12. The molecular formula is C53H27F6N5. The van der Waals surface area contributed by atoms with Crippen molar-refractivity contribution in [3.05, 3.63) is 192 Å². The summed E-state index contributed by atoms with van der Waals surface area (Å²) in [5.74, 6) is 0. The zero-order chi connectivity index (χ0) is 44.5. The highest BCUT2D eigenvalue weighted by Crippen LogP contribution is 2.44. The van der Waals surface area contributed by atoms with E-state index in [4.69, 9.17) is 0 Å². The van der Waals surface area contributed by atoms with E-state index in [0.29, 0.717) is 67.6 Å². The maximum Gasteiger partial charge on any atom is 0.416 e. The van der Waals surface area contributed by atoms with Gasteiger partial charge in [0.25, 0.3) is 0 Å². The first-order chi connectivity index (χ1) is 30.9. The summed E-state index contributed by atoms with van der Waals surface area (Å²) in [4.78, 5) is 0. The first kappa shape index (κ1) is 39.5. The third-order valence-corrected chi connectivity index (χ3v) is 11.7. The van der Waals surface area contributed by atoms with E-state index in [2.05, 4.69) is 18.2 Å². The minimum atomic E-state index is -5.12. The van der Waals surface area contributed by atoms with E-state index in [0.717, 1.165) is 21.5 Å². The number of nitriles is 3. The van der Waals surface area contributed by atoms with Crippen LogP contribution in [0.25, 0.3) is 88.4 Å². The molecule has 64 heavy (non-hydrogen) atoms. The molecule has 0 bridgehead atoms. The van der Waals surface area contributed by atoms with Crippen molar-refractivity contribution in [1.29, 1.82) is 15.8 Å². The maximum atomic E-state index is 14.5. The standard InChI is InChI=1S/C53H27F6N5/c54-52(55,56)37-21-35(22-38(27-37)53(57,58)59)36-25-50(63-46-15-7-5-13-41(46)43-19-17-31(23-48(43)63)39-11-3-1-9-33(39)28-60)45(30-62)51(26-36)64-47-16-8-6-14-42(47)44-20-18-32(24-49(44)64)40-12-4-2-10-34(40)29-61/h1-27H. The monoisotopic (exact) mass is 847 g/mol. The largest absolute Gasteiger partial charge is 0.416 e. The molecule has 0 aliphatic heterocycles. The molecule has 0 aliphatic rings. The molecule has 306 valence electrons. The molecule has 2 aromatic heterocycles. The van der Waals surface area contributed by atoms with Crippen molar-refractivity contribution >= 4 is 43.6 Å². The fourth-order valence-corrected chi connectivity index (χ4v) is 8.83. The van der Waals surface area contributed by atoms with Gasteiger partial charge < -0.3 is 9.13 Å². The Morgan fingerprint density at radius 2 is 0.750 bits per heavy atom. The molecule has 0 N–H and O–H groups in total. The van der Waals surface area contributed by atoms with Crippen LogP contribution >= 0.6 is 0 Å². The van der Waals surface area contributed by atoms with E-state index in [1.807, 2.05) is 84.9 Å². The highest BCUT2D eigenvalue weighted by Gasteiger charge is 2.37. The van der Waals surface area contributed by atoms with Crippen molar-refractivity contribution in [3.8, 4) is 63.0 Å². The zero-order valence-corrected chi connectivity index (χ0v) is 33.1. The van der Waals surface area contributed by atoms with Gasteiger partial charge in [0, 0.05) is 21.5 Å². The lowest BCUT2D eigenvalue weighted by Crippen LogP contribution is -2.11. The maximum absolute atomic E-state index is 14.5. The molecule has 0 saturated heterocycles. The number of rotatable bonds is 5. The number of alkyl halides is 6. The third kappa shape index (κ3) is 6.40. The Morgan fingerprint density at radius 1 is 0.359 bits per heavy atom. The molecule has 0 fully saturated rings. The number of nitrogens with zero attached hydrogens (tertiary/aromatic N) is 5. The molecule has 2 heterocycles. The summed E-state index contributed by atoms with van der Waals surface area (Å²) in [5.41, 5.74) is 2.91. The second-order valence-corrected chi connectivity index (χ2v) is 15.3. The summed E-state index contributed by atoms with van der Waals surface area (Å²) in [5, 5.41) is 34.5. The van der Waals surface area contributed by atoms with Gasteiger partial charge in [-0.05, 0) is 100 Å². The lowest BCUT2D eigenvalue weighted by Gasteiger charge is -2.20. The van der Waals surface area contributed by atoms with Crippen molar-refractivity contribution in [1.82, 2.24) is 9.13 Å². The van der Waals surface area contributed by atoms with Gasteiger partial charge in [0.15, 0.2) is 0 Å². The molecular weight excluding hydrogens is 821 g/mol. The number of halogens is 6. The normalized spacial score (nSPS) is 11.9. The van der Waals surface area contributed by atoms with E-state index in [1.165, 1.54) is 12.1 Å². The van der Waals surface area contributed by atoms with Crippen LogP contribution in [-0.4, -0.2) is 9.13 Å². The molecule has 10 aromatic rings. The molecule has 11 heteroatoms. The van der Waals surface area contributed by atoms with Crippen molar-refractivity contribution in [2.75, 3.05) is 0 Å². The van der Waals surface area contributed by atoms with Crippen LogP contribution in [0.4, 0.5) is 26.3 Å². The van der Waals surface area contributed by atoms with E-state index < -0.39 is 23.5 Å². The van der Waals surface area contributed by atoms with E-state index in [1.54, 1.807) is 57.7 Å². The van der Waals surface area contributed by atoms with Gasteiger partial charge in [0.05, 0.1) is 67.8 Å². The summed E-state index contributed by atoms with van der Waals surface area (Å²) < 4.78 is 90.5. The average Bonchev–Trinajstić information content (AvgIpc) is 3.82. The number of fused-ring (bicyclic) bond motifs is 6. The summed E-state index contributed by atoms with van der Waals surface area (Å²) in [6.45, 7) is 0. The van der Waals surface area contributed by atoms with Crippen LogP contribution in [0.15, 0.2) is 164 Å². The van der Waals surface area contributed by atoms with Crippen molar-refractivity contribution in [3.63, 3.8) is 0 Å². The van der Waals surface area contributed by atoms with Crippen LogP contribution in [0, 0.1) is 34.0 Å². The molecule has 10 rings (SSSR count). The smallest absolute Gasteiger partial charge is 0.308 e. The van der Waals surface area contributed by atoms with Gasteiger partial charge in [0.2, 0.25) is 0 Å². The van der Waals surface area contributed by atoms with E-state index in [-0.39, 0.29) is 34.1 Å². The summed E-state index contributed by atoms with van der Waals surface area (Å²) >= 11 is 0. The fourth-order valence-electron chi connectivity index (χ4n) is 8.83. The number of aromatic nitrogens is 2. The van der Waals surface area contributed by atoms with Crippen LogP contribution in [-0.2, 0) is 12.4 Å². The molecule has 0 aliphatic carbocycles. The van der Waals surface area contributed by atoms with Gasteiger partial charge >= 0.3 is 12.4 Å². The fraction of sp³-hybridized carbons (Fsp3) is 0.0377. The number of hydrogen-bond donors (Lipinski definition) is 0. The lowest BCUT2D eigenvalue weighted by atomic mass is 9.96. The van der Waals surface area contributed by atoms with Crippen LogP contribution in [0.1, 0.15) is 27.8 Å². The van der Waals surface area contributed by atoms with Crippen LogP contribution in [0.5, 0.6) is 0 Å². The molecule has 0 amide bonds. The minimum Gasteiger partial charge on any atom is -0.308 e. The number of hydrogen-bond acceptors (Lipinski definition) is 3. The Morgan fingerprint density at radius 3 is 1.17 bits per heavy atom. The average molecular weight is 848 g/mol. The minimum absolute atomic E-state index is 0.0191. The predicted molar refractivity (Wildman–Crippen MR) is 236 cm³/mol. The Bertz CT molecular complexity index is 3470. The molecule has 8 aromatic carbocycles. The van der Waals surface area contributed by atoms with Gasteiger partial charge in [-0.25, -0.2) is 0 Å². The Labute approximate surface area is 360 Å². The van der Waals surface area contributed by atoms with Gasteiger partial charge in [-0.2, -0.15) is 42.1 Å². The second-order valence-electron chi connectivity index (χ2n) is 15.3. The van der Waals surface area contributed by atoms with Crippen molar-refractivity contribution in [2.24, 2.45) is 0 Å². The molecule has 0 atom stereocenters. The summed E-state index contributed by atoms with van der Waals surface area (Å²) in [6.07, 6.45) is -10.2. The summed E-state index contributed by atoms with van der Waals surface area (Å²) in [6, 6.07) is 51.4. The van der Waals surface area contributed by atoms with Crippen molar-refractivity contribution < 1.29 is 26.3 Å². The molecule has 0 unspecified atom stereocenters. The van der Waals surface area contributed by atoms with Crippen LogP contribution in [0.2, 0.25) is 0 Å². The molecule has 0 radical (unpaired) electrons. The van der Waals surface area contributed by atoms with E-state index in [9.17, 15) is 42.1 Å². The molecule has 0 saturated carbocycles. The Hall–Kier alpha value is -8.59. The van der Waals surface area contributed by atoms with Crippen molar-refractivity contribution in [2.45, 2.75) is 12.4 Å². The van der Waals surface area contributed by atoms with Crippen LogP contribution < -0.4 is 0 Å².